The maximum absolute atomic E-state index is 12.4. The highest BCUT2D eigenvalue weighted by Crippen LogP contribution is 2.18. The van der Waals surface area contributed by atoms with Gasteiger partial charge in [0.2, 0.25) is 0 Å². The highest BCUT2D eigenvalue weighted by molar-refractivity contribution is 5.94. The van der Waals surface area contributed by atoms with Gasteiger partial charge in [0.1, 0.15) is 12.4 Å². The molecule has 0 fully saturated rings. The number of amides is 2. The molecule has 1 heterocycles. The van der Waals surface area contributed by atoms with Crippen molar-refractivity contribution in [1.29, 1.82) is 0 Å². The van der Waals surface area contributed by atoms with E-state index >= 15 is 0 Å². The van der Waals surface area contributed by atoms with E-state index in [9.17, 15) is 9.59 Å². The van der Waals surface area contributed by atoms with Gasteiger partial charge < -0.3 is 20.1 Å². The molecule has 1 aromatic carbocycles. The van der Waals surface area contributed by atoms with Crippen LogP contribution < -0.4 is 15.4 Å². The SMILES string of the molecule is CCOC(=O)C1=C(CN(C)CCOc2cccc(C)c2)NC(=O)NC1CC. The zero-order valence-electron chi connectivity index (χ0n) is 16.5. The monoisotopic (exact) mass is 375 g/mol. The molecule has 1 aliphatic heterocycles. The number of esters is 1. The van der Waals surface area contributed by atoms with E-state index < -0.39 is 5.97 Å². The molecule has 1 aliphatic rings. The van der Waals surface area contributed by atoms with Crippen LogP contribution in [0.5, 0.6) is 5.75 Å². The fraction of sp³-hybridized carbons (Fsp3) is 0.500. The Morgan fingerprint density at radius 3 is 2.74 bits per heavy atom. The molecule has 0 saturated heterocycles. The lowest BCUT2D eigenvalue weighted by Crippen LogP contribution is -2.52. The zero-order chi connectivity index (χ0) is 19.8. The van der Waals surface area contributed by atoms with Crippen molar-refractivity contribution >= 4 is 12.0 Å². The van der Waals surface area contributed by atoms with Crippen molar-refractivity contribution < 1.29 is 19.1 Å². The molecule has 0 saturated carbocycles. The molecule has 0 aliphatic carbocycles. The van der Waals surface area contributed by atoms with Crippen LogP contribution in [0.3, 0.4) is 0 Å². The standard InChI is InChI=1S/C20H29N3O4/c1-5-16-18(19(24)26-6-2)17(22-20(25)21-16)13-23(4)10-11-27-15-9-7-8-14(3)12-15/h7-9,12,16H,5-6,10-11,13H2,1-4H3,(H2,21,22,25). The van der Waals surface area contributed by atoms with E-state index in [2.05, 4.69) is 10.6 Å². The quantitative estimate of drug-likeness (QED) is 0.647. The summed E-state index contributed by atoms with van der Waals surface area (Å²) in [6, 6.07) is 7.25. The maximum atomic E-state index is 12.4. The molecule has 148 valence electrons. The van der Waals surface area contributed by atoms with Crippen molar-refractivity contribution in [2.75, 3.05) is 33.4 Å². The average molecular weight is 375 g/mol. The lowest BCUT2D eigenvalue weighted by molar-refractivity contribution is -0.139. The van der Waals surface area contributed by atoms with Crippen LogP contribution >= 0.6 is 0 Å². The number of carbonyl (C=O) groups excluding carboxylic acids is 2. The number of aryl methyl sites for hydroxylation is 1. The maximum Gasteiger partial charge on any atom is 0.337 e. The number of benzene rings is 1. The molecule has 0 bridgehead atoms. The molecule has 1 aromatic rings. The van der Waals surface area contributed by atoms with Gasteiger partial charge in [-0.1, -0.05) is 19.1 Å². The van der Waals surface area contributed by atoms with E-state index in [1.165, 1.54) is 0 Å². The molecule has 2 N–H and O–H groups in total. The molecule has 27 heavy (non-hydrogen) atoms. The van der Waals surface area contributed by atoms with Crippen LogP contribution in [0.1, 0.15) is 25.8 Å². The van der Waals surface area contributed by atoms with Gasteiger partial charge in [-0.25, -0.2) is 9.59 Å². The third-order valence-corrected chi connectivity index (χ3v) is 4.31. The Morgan fingerprint density at radius 2 is 2.07 bits per heavy atom. The summed E-state index contributed by atoms with van der Waals surface area (Å²) in [6.07, 6.45) is 0.616. The number of nitrogens with one attached hydrogen (secondary N) is 2. The normalized spacial score (nSPS) is 16.8. The lowest BCUT2D eigenvalue weighted by Gasteiger charge is -2.30. The van der Waals surface area contributed by atoms with E-state index in [0.717, 1.165) is 11.3 Å². The second-order valence-electron chi connectivity index (χ2n) is 6.57. The predicted molar refractivity (Wildman–Crippen MR) is 104 cm³/mol. The molecule has 7 nitrogen and oxygen atoms in total. The highest BCUT2D eigenvalue weighted by Gasteiger charge is 2.31. The summed E-state index contributed by atoms with van der Waals surface area (Å²) in [4.78, 5) is 26.3. The van der Waals surface area contributed by atoms with Gasteiger partial charge in [0.15, 0.2) is 0 Å². The molecule has 2 rings (SSSR count). The van der Waals surface area contributed by atoms with Crippen LogP contribution in [-0.2, 0) is 9.53 Å². The Kier molecular flexibility index (Phi) is 7.67. The molecule has 0 aromatic heterocycles. The minimum atomic E-state index is -0.392. The summed E-state index contributed by atoms with van der Waals surface area (Å²) in [6.45, 7) is 7.58. The van der Waals surface area contributed by atoms with Crippen molar-refractivity contribution in [1.82, 2.24) is 15.5 Å². The van der Waals surface area contributed by atoms with Crippen LogP contribution in [0.2, 0.25) is 0 Å². The smallest absolute Gasteiger partial charge is 0.337 e. The molecular weight excluding hydrogens is 346 g/mol. The van der Waals surface area contributed by atoms with Gasteiger partial charge in [-0.15, -0.1) is 0 Å². The van der Waals surface area contributed by atoms with E-state index in [1.54, 1.807) is 6.92 Å². The predicted octanol–water partition coefficient (Wildman–Crippen LogP) is 2.21. The van der Waals surface area contributed by atoms with E-state index in [4.69, 9.17) is 9.47 Å². The molecule has 0 radical (unpaired) electrons. The van der Waals surface area contributed by atoms with Gasteiger partial charge in [0.25, 0.3) is 0 Å². The zero-order valence-corrected chi connectivity index (χ0v) is 16.5. The fourth-order valence-corrected chi connectivity index (χ4v) is 2.96. The minimum Gasteiger partial charge on any atom is -0.492 e. The Morgan fingerprint density at radius 1 is 1.30 bits per heavy atom. The molecule has 7 heteroatoms. The largest absolute Gasteiger partial charge is 0.492 e. The van der Waals surface area contributed by atoms with Crippen LogP contribution in [-0.4, -0.2) is 56.3 Å². The molecular formula is C20H29N3O4. The van der Waals surface area contributed by atoms with Gasteiger partial charge in [-0.05, 0) is 45.0 Å². The van der Waals surface area contributed by atoms with Crippen molar-refractivity contribution in [3.8, 4) is 5.75 Å². The third kappa shape index (κ3) is 5.99. The second-order valence-corrected chi connectivity index (χ2v) is 6.57. The Balaban J connectivity index is 2.01. The van der Waals surface area contributed by atoms with Crippen LogP contribution in [0.15, 0.2) is 35.5 Å². The number of urea groups is 1. The highest BCUT2D eigenvalue weighted by atomic mass is 16.5. The van der Waals surface area contributed by atoms with Gasteiger partial charge in [0.05, 0.1) is 18.2 Å². The molecule has 0 spiro atoms. The minimum absolute atomic E-state index is 0.292. The Labute approximate surface area is 160 Å². The summed E-state index contributed by atoms with van der Waals surface area (Å²) >= 11 is 0. The van der Waals surface area contributed by atoms with E-state index in [1.807, 2.05) is 50.1 Å². The van der Waals surface area contributed by atoms with Crippen LogP contribution in [0.25, 0.3) is 0 Å². The summed E-state index contributed by atoms with van der Waals surface area (Å²) in [5, 5.41) is 5.54. The van der Waals surface area contributed by atoms with Crippen molar-refractivity contribution in [3.05, 3.63) is 41.1 Å². The van der Waals surface area contributed by atoms with Crippen molar-refractivity contribution in [2.45, 2.75) is 33.2 Å². The van der Waals surface area contributed by atoms with E-state index in [-0.39, 0.29) is 12.1 Å². The number of ether oxygens (including phenoxy) is 2. The summed E-state index contributed by atoms with van der Waals surface area (Å²) in [5.74, 6) is 0.437. The lowest BCUT2D eigenvalue weighted by atomic mass is 10.00. The van der Waals surface area contributed by atoms with Gasteiger partial charge in [-0.3, -0.25) is 4.90 Å². The van der Waals surface area contributed by atoms with Crippen LogP contribution in [0, 0.1) is 6.92 Å². The first-order valence-electron chi connectivity index (χ1n) is 9.30. The third-order valence-electron chi connectivity index (χ3n) is 4.31. The average Bonchev–Trinajstić information content (AvgIpc) is 2.61. The number of hydrogen-bond acceptors (Lipinski definition) is 5. The number of likely N-dealkylation sites (N-methyl/N-ethyl adjacent to an activating group) is 1. The number of rotatable bonds is 9. The first kappa shape index (κ1) is 20.8. The molecule has 1 unspecified atom stereocenters. The van der Waals surface area contributed by atoms with E-state index in [0.29, 0.717) is 44.0 Å². The summed E-state index contributed by atoms with van der Waals surface area (Å²) in [5.41, 5.74) is 2.22. The van der Waals surface area contributed by atoms with Gasteiger partial charge in [-0.2, -0.15) is 0 Å². The van der Waals surface area contributed by atoms with Gasteiger partial charge >= 0.3 is 12.0 Å². The topological polar surface area (TPSA) is 79.9 Å². The fourth-order valence-electron chi connectivity index (χ4n) is 2.96. The Hall–Kier alpha value is -2.54. The first-order chi connectivity index (χ1) is 12.9. The molecule has 2 amide bonds. The second kappa shape index (κ2) is 9.97. The van der Waals surface area contributed by atoms with Crippen molar-refractivity contribution in [3.63, 3.8) is 0 Å². The number of nitrogens with zero attached hydrogens (tertiary/aromatic N) is 1. The summed E-state index contributed by atoms with van der Waals surface area (Å²) in [7, 11) is 1.92. The summed E-state index contributed by atoms with van der Waals surface area (Å²) < 4.78 is 11.0. The van der Waals surface area contributed by atoms with Crippen LogP contribution in [0.4, 0.5) is 4.79 Å². The number of hydrogen-bond donors (Lipinski definition) is 2. The Bertz CT molecular complexity index is 702. The number of carbonyl (C=O) groups is 2. The molecule has 1 atom stereocenters. The van der Waals surface area contributed by atoms with Gasteiger partial charge in [0, 0.05) is 18.8 Å². The van der Waals surface area contributed by atoms with Crippen molar-refractivity contribution in [2.24, 2.45) is 0 Å². The first-order valence-corrected chi connectivity index (χ1v) is 9.30.